The summed E-state index contributed by atoms with van der Waals surface area (Å²) >= 11 is 0. The van der Waals surface area contributed by atoms with E-state index in [0.29, 0.717) is 12.0 Å². The Kier molecular flexibility index (Phi) is 7.95. The molecule has 0 bridgehead atoms. The minimum atomic E-state index is 0.175. The van der Waals surface area contributed by atoms with Gasteiger partial charge in [-0.3, -0.25) is 14.8 Å². The number of Topliss-reactive ketones (excluding diaryl/α,β-unsaturated/α-hetero) is 1. The van der Waals surface area contributed by atoms with Crippen LogP contribution < -0.4 is 0 Å². The summed E-state index contributed by atoms with van der Waals surface area (Å²) in [6.07, 6.45) is 7.18. The van der Waals surface area contributed by atoms with Gasteiger partial charge in [0.2, 0.25) is 0 Å². The second-order valence-corrected chi connectivity index (χ2v) is 4.53. The first-order valence-electron chi connectivity index (χ1n) is 7.72. The Morgan fingerprint density at radius 3 is 2.33 bits per heavy atom. The molecule has 3 heteroatoms. The molecule has 2 aromatic rings. The Bertz CT molecular complexity index is 521. The van der Waals surface area contributed by atoms with Crippen LogP contribution in [0.3, 0.4) is 0 Å². The normalized spacial score (nSPS) is 9.67. The summed E-state index contributed by atoms with van der Waals surface area (Å²) in [5.74, 6) is 0.175. The van der Waals surface area contributed by atoms with Crippen LogP contribution >= 0.6 is 0 Å². The lowest BCUT2D eigenvalue weighted by atomic mass is 10.1. The van der Waals surface area contributed by atoms with Gasteiger partial charge in [-0.2, -0.15) is 0 Å². The van der Waals surface area contributed by atoms with Gasteiger partial charge < -0.3 is 0 Å². The van der Waals surface area contributed by atoms with Gasteiger partial charge in [-0.25, -0.2) is 0 Å². The number of rotatable bonds is 6. The van der Waals surface area contributed by atoms with Gasteiger partial charge in [0, 0.05) is 24.4 Å². The Morgan fingerprint density at radius 1 is 1.00 bits per heavy atom. The molecule has 0 aliphatic heterocycles. The van der Waals surface area contributed by atoms with E-state index in [9.17, 15) is 4.79 Å². The molecule has 2 rings (SSSR count). The van der Waals surface area contributed by atoms with E-state index >= 15 is 0 Å². The highest BCUT2D eigenvalue weighted by atomic mass is 16.1. The van der Waals surface area contributed by atoms with Gasteiger partial charge in [-0.1, -0.05) is 39.7 Å². The van der Waals surface area contributed by atoms with Crippen LogP contribution in [0.2, 0.25) is 0 Å². The fraction of sp³-hybridized carbons (Fsp3) is 0.389. The van der Waals surface area contributed by atoms with Crippen molar-refractivity contribution >= 4 is 5.78 Å². The zero-order valence-electron chi connectivity index (χ0n) is 13.2. The van der Waals surface area contributed by atoms with Crippen LogP contribution in [0.25, 0.3) is 11.4 Å². The van der Waals surface area contributed by atoms with Crippen LogP contribution in [0, 0.1) is 0 Å². The van der Waals surface area contributed by atoms with Gasteiger partial charge in [-0.05, 0) is 30.7 Å². The fourth-order valence-electron chi connectivity index (χ4n) is 1.90. The van der Waals surface area contributed by atoms with E-state index in [0.717, 1.165) is 30.7 Å². The highest BCUT2D eigenvalue weighted by molar-refractivity contribution is 5.95. The molecule has 0 unspecified atom stereocenters. The average Bonchev–Trinajstić information content (AvgIpc) is 2.58. The number of carbonyl (C=O) groups is 1. The van der Waals surface area contributed by atoms with Crippen LogP contribution in [-0.2, 0) is 0 Å². The first-order valence-corrected chi connectivity index (χ1v) is 7.72. The average molecular weight is 284 g/mol. The second kappa shape index (κ2) is 9.81. The number of aromatic nitrogens is 2. The zero-order valence-corrected chi connectivity index (χ0v) is 13.2. The highest BCUT2D eigenvalue weighted by Gasteiger charge is 2.07. The number of pyridine rings is 2. The molecule has 0 spiro atoms. The zero-order chi connectivity index (χ0) is 15.5. The summed E-state index contributed by atoms with van der Waals surface area (Å²) in [6.45, 7) is 6.13. The molecule has 0 aliphatic carbocycles. The number of unbranched alkanes of at least 4 members (excludes halogenated alkanes) is 2. The van der Waals surface area contributed by atoms with E-state index in [-0.39, 0.29) is 5.78 Å². The van der Waals surface area contributed by atoms with Crippen LogP contribution in [0.15, 0.2) is 42.7 Å². The Hall–Kier alpha value is -2.03. The number of ketones is 1. The summed E-state index contributed by atoms with van der Waals surface area (Å²) < 4.78 is 0. The van der Waals surface area contributed by atoms with Crippen molar-refractivity contribution in [1.29, 1.82) is 0 Å². The van der Waals surface area contributed by atoms with E-state index < -0.39 is 0 Å². The van der Waals surface area contributed by atoms with Crippen molar-refractivity contribution in [2.75, 3.05) is 0 Å². The molecule has 3 nitrogen and oxygen atoms in total. The van der Waals surface area contributed by atoms with E-state index in [1.807, 2.05) is 44.2 Å². The van der Waals surface area contributed by atoms with Crippen molar-refractivity contribution in [3.05, 3.63) is 48.3 Å². The molecule has 0 saturated heterocycles. The Balaban J connectivity index is 0.00000106. The second-order valence-electron chi connectivity index (χ2n) is 4.53. The summed E-state index contributed by atoms with van der Waals surface area (Å²) in [4.78, 5) is 20.5. The molecular weight excluding hydrogens is 260 g/mol. The number of nitrogens with zero attached hydrogens (tertiary/aromatic N) is 2. The van der Waals surface area contributed by atoms with Crippen LogP contribution in [0.5, 0.6) is 0 Å². The Labute approximate surface area is 127 Å². The molecule has 0 N–H and O–H groups in total. The molecule has 0 amide bonds. The third-order valence-electron chi connectivity index (χ3n) is 3.02. The molecule has 21 heavy (non-hydrogen) atoms. The highest BCUT2D eigenvalue weighted by Crippen LogP contribution is 2.15. The summed E-state index contributed by atoms with van der Waals surface area (Å²) in [7, 11) is 0. The maximum Gasteiger partial charge on any atom is 0.164 e. The quantitative estimate of drug-likeness (QED) is 0.558. The molecular formula is C18H24N2O. The SMILES string of the molecule is CC.CCCCCC(=O)c1ccc(-c2ccccn2)nc1. The third-order valence-corrected chi connectivity index (χ3v) is 3.02. The van der Waals surface area contributed by atoms with E-state index in [4.69, 9.17) is 0 Å². The standard InChI is InChI=1S/C16H18N2O.C2H6/c1-2-3-4-8-16(19)13-9-10-15(18-12-13)14-7-5-6-11-17-14;1-2/h5-7,9-12H,2-4,8H2,1H3;1-2H3. The van der Waals surface area contributed by atoms with Crippen LogP contribution in [0.4, 0.5) is 0 Å². The summed E-state index contributed by atoms with van der Waals surface area (Å²) in [6, 6.07) is 9.40. The van der Waals surface area contributed by atoms with Crippen molar-refractivity contribution in [1.82, 2.24) is 9.97 Å². The topological polar surface area (TPSA) is 42.9 Å². The van der Waals surface area contributed by atoms with E-state index in [2.05, 4.69) is 16.9 Å². The summed E-state index contributed by atoms with van der Waals surface area (Å²) in [5.41, 5.74) is 2.31. The number of hydrogen-bond donors (Lipinski definition) is 0. The van der Waals surface area contributed by atoms with Crippen molar-refractivity contribution in [3.63, 3.8) is 0 Å². The van der Waals surface area contributed by atoms with Gasteiger partial charge >= 0.3 is 0 Å². The van der Waals surface area contributed by atoms with Crippen molar-refractivity contribution in [3.8, 4) is 11.4 Å². The van der Waals surface area contributed by atoms with Crippen LogP contribution in [-0.4, -0.2) is 15.8 Å². The maximum atomic E-state index is 11.9. The maximum absolute atomic E-state index is 11.9. The van der Waals surface area contributed by atoms with Gasteiger partial charge in [0.25, 0.3) is 0 Å². The predicted octanol–water partition coefficient (Wildman–Crippen LogP) is 4.93. The molecule has 112 valence electrons. The molecule has 2 heterocycles. The first kappa shape index (κ1) is 17.0. The number of hydrogen-bond acceptors (Lipinski definition) is 3. The minimum absolute atomic E-state index is 0.175. The monoisotopic (exact) mass is 284 g/mol. The van der Waals surface area contributed by atoms with E-state index in [1.165, 1.54) is 0 Å². The lowest BCUT2D eigenvalue weighted by molar-refractivity contribution is 0.0979. The van der Waals surface area contributed by atoms with Crippen molar-refractivity contribution in [2.45, 2.75) is 46.5 Å². The molecule has 0 saturated carbocycles. The third kappa shape index (κ3) is 5.46. The Morgan fingerprint density at radius 2 is 1.76 bits per heavy atom. The smallest absolute Gasteiger partial charge is 0.164 e. The van der Waals surface area contributed by atoms with Crippen LogP contribution in [0.1, 0.15) is 56.8 Å². The largest absolute Gasteiger partial charge is 0.294 e. The lowest BCUT2D eigenvalue weighted by Gasteiger charge is -2.02. The molecule has 0 radical (unpaired) electrons. The fourth-order valence-corrected chi connectivity index (χ4v) is 1.90. The van der Waals surface area contributed by atoms with Gasteiger partial charge in [0.05, 0.1) is 11.4 Å². The molecule has 2 aromatic heterocycles. The van der Waals surface area contributed by atoms with Crippen molar-refractivity contribution in [2.24, 2.45) is 0 Å². The lowest BCUT2D eigenvalue weighted by Crippen LogP contribution is -2.00. The molecule has 0 aromatic carbocycles. The van der Waals surface area contributed by atoms with Gasteiger partial charge in [0.15, 0.2) is 5.78 Å². The molecule has 0 aliphatic rings. The number of carbonyl (C=O) groups excluding carboxylic acids is 1. The minimum Gasteiger partial charge on any atom is -0.294 e. The predicted molar refractivity (Wildman–Crippen MR) is 87.3 cm³/mol. The van der Waals surface area contributed by atoms with Gasteiger partial charge in [-0.15, -0.1) is 0 Å². The van der Waals surface area contributed by atoms with Gasteiger partial charge in [0.1, 0.15) is 0 Å². The first-order chi connectivity index (χ1) is 10.3. The van der Waals surface area contributed by atoms with Crippen molar-refractivity contribution < 1.29 is 4.79 Å². The molecule has 0 atom stereocenters. The molecule has 0 fully saturated rings. The van der Waals surface area contributed by atoms with E-state index in [1.54, 1.807) is 12.4 Å². The summed E-state index contributed by atoms with van der Waals surface area (Å²) in [5, 5.41) is 0.